The molecule has 1 aromatic heterocycles. The number of hydrogen-bond donors (Lipinski definition) is 1. The molecule has 0 amide bonds. The number of nitrogens with one attached hydrogen (secondary N) is 1. The Balaban J connectivity index is 2.05. The number of rotatable bonds is 13. The molecule has 0 saturated heterocycles. The van der Waals surface area contributed by atoms with Crippen molar-refractivity contribution >= 4 is 0 Å². The molecule has 20 heavy (non-hydrogen) atoms. The molecule has 0 atom stereocenters. The van der Waals surface area contributed by atoms with Crippen molar-refractivity contribution in [1.29, 1.82) is 0 Å². The molecule has 0 spiro atoms. The highest BCUT2D eigenvalue weighted by molar-refractivity contribution is 4.91. The normalized spacial score (nSPS) is 11.1. The number of imidazole rings is 1. The number of aromatic nitrogens is 2. The Hall–Kier alpha value is -0.950. The third kappa shape index (κ3) is 7.59. The number of methoxy groups -OCH3 is 1. The van der Waals surface area contributed by atoms with Gasteiger partial charge in [-0.3, -0.25) is 0 Å². The van der Waals surface area contributed by atoms with Crippen LogP contribution in [0.3, 0.4) is 0 Å². The highest BCUT2D eigenvalue weighted by Crippen LogP contribution is 1.97. The maximum absolute atomic E-state index is 5.53. The summed E-state index contributed by atoms with van der Waals surface area (Å²) in [5.41, 5.74) is 0. The van der Waals surface area contributed by atoms with Crippen molar-refractivity contribution in [2.24, 2.45) is 0 Å². The van der Waals surface area contributed by atoms with Gasteiger partial charge < -0.3 is 24.1 Å². The third-order valence-electron chi connectivity index (χ3n) is 2.79. The molecule has 1 rings (SSSR count). The quantitative estimate of drug-likeness (QED) is 0.549. The Kier molecular flexibility index (Phi) is 10.1. The molecule has 0 aliphatic rings. The van der Waals surface area contributed by atoms with Crippen LogP contribution in [0.4, 0.5) is 0 Å². The molecule has 1 heterocycles. The first-order valence-electron chi connectivity index (χ1n) is 7.23. The smallest absolute Gasteiger partial charge is 0.122 e. The molecular weight excluding hydrogens is 258 g/mol. The van der Waals surface area contributed by atoms with Gasteiger partial charge in [-0.25, -0.2) is 4.98 Å². The average Bonchev–Trinajstić information content (AvgIpc) is 2.90. The summed E-state index contributed by atoms with van der Waals surface area (Å²) in [5, 5.41) is 3.35. The molecular formula is C14H27N3O3. The predicted molar refractivity (Wildman–Crippen MR) is 77.7 cm³/mol. The van der Waals surface area contributed by atoms with E-state index < -0.39 is 0 Å². The Labute approximate surface area is 121 Å². The molecule has 1 aromatic rings. The van der Waals surface area contributed by atoms with Crippen molar-refractivity contribution in [2.45, 2.75) is 26.4 Å². The van der Waals surface area contributed by atoms with Gasteiger partial charge in [-0.05, 0) is 13.0 Å². The summed E-state index contributed by atoms with van der Waals surface area (Å²) in [5.74, 6) is 1.05. The molecule has 116 valence electrons. The van der Waals surface area contributed by atoms with E-state index in [0.29, 0.717) is 33.0 Å². The minimum Gasteiger partial charge on any atom is -0.382 e. The first-order chi connectivity index (χ1) is 9.88. The van der Waals surface area contributed by atoms with Gasteiger partial charge in [0, 0.05) is 26.0 Å². The molecule has 6 nitrogen and oxygen atoms in total. The number of nitrogens with zero attached hydrogens (tertiary/aromatic N) is 2. The molecule has 1 N–H and O–H groups in total. The van der Waals surface area contributed by atoms with Gasteiger partial charge in [-0.1, -0.05) is 6.92 Å². The van der Waals surface area contributed by atoms with Crippen molar-refractivity contribution in [3.8, 4) is 0 Å². The van der Waals surface area contributed by atoms with E-state index >= 15 is 0 Å². The summed E-state index contributed by atoms with van der Waals surface area (Å²) in [6, 6.07) is 0. The van der Waals surface area contributed by atoms with E-state index in [1.165, 1.54) is 0 Å². The second-order valence-electron chi connectivity index (χ2n) is 4.43. The van der Waals surface area contributed by atoms with Crippen LogP contribution >= 0.6 is 0 Å². The van der Waals surface area contributed by atoms with E-state index in [0.717, 1.165) is 31.9 Å². The van der Waals surface area contributed by atoms with Crippen LogP contribution in [0.15, 0.2) is 12.4 Å². The molecule has 0 unspecified atom stereocenters. The zero-order valence-corrected chi connectivity index (χ0v) is 12.6. The molecule has 6 heteroatoms. The zero-order valence-electron chi connectivity index (χ0n) is 12.6. The van der Waals surface area contributed by atoms with Crippen LogP contribution in [-0.2, 0) is 27.3 Å². The van der Waals surface area contributed by atoms with Gasteiger partial charge in [0.15, 0.2) is 0 Å². The highest BCUT2D eigenvalue weighted by atomic mass is 16.5. The van der Waals surface area contributed by atoms with E-state index in [-0.39, 0.29) is 0 Å². The lowest BCUT2D eigenvalue weighted by Gasteiger charge is -2.09. The monoisotopic (exact) mass is 285 g/mol. The van der Waals surface area contributed by atoms with Crippen molar-refractivity contribution in [1.82, 2.24) is 14.9 Å². The minimum absolute atomic E-state index is 0.609. The highest BCUT2D eigenvalue weighted by Gasteiger charge is 2.01. The summed E-state index contributed by atoms with van der Waals surface area (Å²) in [4.78, 5) is 4.34. The summed E-state index contributed by atoms with van der Waals surface area (Å²) >= 11 is 0. The first-order valence-corrected chi connectivity index (χ1v) is 7.23. The van der Waals surface area contributed by atoms with Crippen LogP contribution < -0.4 is 5.32 Å². The fourth-order valence-corrected chi connectivity index (χ4v) is 1.71. The van der Waals surface area contributed by atoms with Crippen molar-refractivity contribution in [3.63, 3.8) is 0 Å². The van der Waals surface area contributed by atoms with Crippen LogP contribution in [0.5, 0.6) is 0 Å². The lowest BCUT2D eigenvalue weighted by Crippen LogP contribution is -2.19. The summed E-state index contributed by atoms with van der Waals surface area (Å²) in [7, 11) is 1.66. The second-order valence-corrected chi connectivity index (χ2v) is 4.43. The van der Waals surface area contributed by atoms with Gasteiger partial charge in [-0.2, -0.15) is 0 Å². The van der Waals surface area contributed by atoms with E-state index in [9.17, 15) is 0 Å². The molecule has 0 aliphatic heterocycles. The van der Waals surface area contributed by atoms with Crippen LogP contribution in [0.2, 0.25) is 0 Å². The standard InChI is InChI=1S/C14H27N3O3/c1-3-4-15-13-14-16-5-6-17(14)7-8-19-11-12-20-10-9-18-2/h5-6,15H,3-4,7-13H2,1-2H3. The topological polar surface area (TPSA) is 57.5 Å². The molecule has 0 saturated carbocycles. The van der Waals surface area contributed by atoms with Crippen molar-refractivity contribution in [2.75, 3.05) is 46.7 Å². The fourth-order valence-electron chi connectivity index (χ4n) is 1.71. The maximum Gasteiger partial charge on any atom is 0.122 e. The molecule has 0 aliphatic carbocycles. The van der Waals surface area contributed by atoms with Gasteiger partial charge in [0.05, 0.1) is 39.6 Å². The lowest BCUT2D eigenvalue weighted by molar-refractivity contribution is 0.0229. The summed E-state index contributed by atoms with van der Waals surface area (Å²) < 4.78 is 17.9. The maximum atomic E-state index is 5.53. The lowest BCUT2D eigenvalue weighted by atomic mass is 10.4. The van der Waals surface area contributed by atoms with Gasteiger partial charge >= 0.3 is 0 Å². The Morgan fingerprint density at radius 1 is 1.15 bits per heavy atom. The number of hydrogen-bond acceptors (Lipinski definition) is 5. The Bertz CT molecular complexity index is 331. The molecule has 0 fully saturated rings. The van der Waals surface area contributed by atoms with Gasteiger partial charge in [0.25, 0.3) is 0 Å². The van der Waals surface area contributed by atoms with Crippen LogP contribution in [0.25, 0.3) is 0 Å². The van der Waals surface area contributed by atoms with Crippen molar-refractivity contribution < 1.29 is 14.2 Å². The van der Waals surface area contributed by atoms with Crippen molar-refractivity contribution in [3.05, 3.63) is 18.2 Å². The predicted octanol–water partition coefficient (Wildman–Crippen LogP) is 1.06. The van der Waals surface area contributed by atoms with E-state index in [2.05, 4.69) is 21.8 Å². The zero-order chi connectivity index (χ0) is 14.5. The van der Waals surface area contributed by atoms with Crippen LogP contribution in [-0.4, -0.2) is 56.2 Å². The van der Waals surface area contributed by atoms with Gasteiger partial charge in [0.1, 0.15) is 5.82 Å². The van der Waals surface area contributed by atoms with Gasteiger partial charge in [-0.15, -0.1) is 0 Å². The van der Waals surface area contributed by atoms with Crippen LogP contribution in [0, 0.1) is 0 Å². The second kappa shape index (κ2) is 11.8. The third-order valence-corrected chi connectivity index (χ3v) is 2.79. The molecule has 0 radical (unpaired) electrons. The Morgan fingerprint density at radius 3 is 2.65 bits per heavy atom. The van der Waals surface area contributed by atoms with Crippen LogP contribution in [0.1, 0.15) is 19.2 Å². The van der Waals surface area contributed by atoms with E-state index in [1.807, 2.05) is 12.4 Å². The molecule has 0 aromatic carbocycles. The van der Waals surface area contributed by atoms with E-state index in [1.54, 1.807) is 7.11 Å². The minimum atomic E-state index is 0.609. The number of ether oxygens (including phenoxy) is 3. The Morgan fingerprint density at radius 2 is 1.90 bits per heavy atom. The summed E-state index contributed by atoms with van der Waals surface area (Å²) in [6.07, 6.45) is 4.95. The molecule has 0 bridgehead atoms. The van der Waals surface area contributed by atoms with Gasteiger partial charge in [0.2, 0.25) is 0 Å². The first kappa shape index (κ1) is 17.1. The fraction of sp³-hybridized carbons (Fsp3) is 0.786. The SMILES string of the molecule is CCCNCc1nccn1CCOCCOCCOC. The largest absolute Gasteiger partial charge is 0.382 e. The average molecular weight is 285 g/mol. The summed E-state index contributed by atoms with van der Waals surface area (Å²) in [6.45, 7) is 7.94. The van der Waals surface area contributed by atoms with E-state index in [4.69, 9.17) is 14.2 Å².